The minimum atomic E-state index is -0.564. The molecule has 2 aromatic carbocycles. The molecule has 0 saturated heterocycles. The van der Waals surface area contributed by atoms with Crippen molar-refractivity contribution in [2.75, 3.05) is 33.3 Å². The fourth-order valence-electron chi connectivity index (χ4n) is 2.07. The first-order valence-corrected chi connectivity index (χ1v) is 7.45. The molecule has 0 atom stereocenters. The summed E-state index contributed by atoms with van der Waals surface area (Å²) < 4.78 is 20.8. The maximum absolute atomic E-state index is 11.7. The molecule has 0 aromatic heterocycles. The summed E-state index contributed by atoms with van der Waals surface area (Å²) in [4.78, 5) is 11.7. The minimum Gasteiger partial charge on any atom is -0.493 e. The molecule has 130 valence electrons. The Balaban J connectivity index is 1.98. The molecule has 2 rings (SSSR count). The standard InChI is InChI=1S/C19H19NO5/c1-22-16-12-14(13-17(23-2)18(16)24-3)8-7-11-25-19(21)20-15-9-5-4-6-10-15/h4-6,9-10,12-13H,11H2,1-3H3,(H,20,21). The van der Waals surface area contributed by atoms with E-state index in [0.717, 1.165) is 0 Å². The molecule has 0 aliphatic rings. The molecule has 0 unspecified atom stereocenters. The van der Waals surface area contributed by atoms with E-state index in [1.165, 1.54) is 21.3 Å². The number of anilines is 1. The summed E-state index contributed by atoms with van der Waals surface area (Å²) in [7, 11) is 4.60. The first-order valence-electron chi connectivity index (χ1n) is 7.45. The van der Waals surface area contributed by atoms with Gasteiger partial charge in [0.2, 0.25) is 5.75 Å². The van der Waals surface area contributed by atoms with Gasteiger partial charge in [0.05, 0.1) is 21.3 Å². The van der Waals surface area contributed by atoms with E-state index in [-0.39, 0.29) is 6.61 Å². The van der Waals surface area contributed by atoms with E-state index in [0.29, 0.717) is 28.5 Å². The number of carbonyl (C=O) groups excluding carboxylic acids is 1. The molecule has 0 saturated carbocycles. The normalized spacial score (nSPS) is 9.40. The number of para-hydroxylation sites is 1. The van der Waals surface area contributed by atoms with Gasteiger partial charge in [-0.15, -0.1) is 0 Å². The summed E-state index contributed by atoms with van der Waals surface area (Å²) in [6.45, 7) is -0.0463. The van der Waals surface area contributed by atoms with Crippen molar-refractivity contribution < 1.29 is 23.7 Å². The van der Waals surface area contributed by atoms with E-state index < -0.39 is 6.09 Å². The Morgan fingerprint density at radius 3 is 2.20 bits per heavy atom. The Labute approximate surface area is 146 Å². The van der Waals surface area contributed by atoms with Crippen LogP contribution in [0.5, 0.6) is 17.2 Å². The lowest BCUT2D eigenvalue weighted by Gasteiger charge is -2.12. The highest BCUT2D eigenvalue weighted by Gasteiger charge is 2.12. The van der Waals surface area contributed by atoms with Crippen LogP contribution < -0.4 is 19.5 Å². The second-order valence-corrected chi connectivity index (χ2v) is 4.78. The highest BCUT2D eigenvalue weighted by atomic mass is 16.5. The SMILES string of the molecule is COc1cc(C#CCOC(=O)Nc2ccccc2)cc(OC)c1OC. The van der Waals surface area contributed by atoms with Crippen molar-refractivity contribution >= 4 is 11.8 Å². The van der Waals surface area contributed by atoms with Gasteiger partial charge in [0.15, 0.2) is 18.1 Å². The number of rotatable bonds is 5. The van der Waals surface area contributed by atoms with Crippen LogP contribution in [0.4, 0.5) is 10.5 Å². The molecule has 2 aromatic rings. The predicted molar refractivity (Wildman–Crippen MR) is 94.4 cm³/mol. The number of carbonyl (C=O) groups is 1. The highest BCUT2D eigenvalue weighted by molar-refractivity contribution is 5.84. The van der Waals surface area contributed by atoms with E-state index in [1.807, 2.05) is 18.2 Å². The average Bonchev–Trinajstić information content (AvgIpc) is 2.65. The summed E-state index contributed by atoms with van der Waals surface area (Å²) in [5.41, 5.74) is 1.31. The molecule has 1 N–H and O–H groups in total. The number of hydrogen-bond donors (Lipinski definition) is 1. The topological polar surface area (TPSA) is 66.0 Å². The summed E-state index contributed by atoms with van der Waals surface area (Å²) >= 11 is 0. The Bertz CT molecular complexity index is 752. The average molecular weight is 341 g/mol. The zero-order valence-electron chi connectivity index (χ0n) is 14.3. The first kappa shape index (κ1) is 18.0. The summed E-state index contributed by atoms with van der Waals surface area (Å²) in [6.07, 6.45) is -0.564. The van der Waals surface area contributed by atoms with Gasteiger partial charge in [-0.05, 0) is 24.3 Å². The van der Waals surface area contributed by atoms with Gasteiger partial charge in [-0.3, -0.25) is 5.32 Å². The van der Waals surface area contributed by atoms with Crippen molar-refractivity contribution in [2.45, 2.75) is 0 Å². The van der Waals surface area contributed by atoms with Gasteiger partial charge in [0.25, 0.3) is 0 Å². The molecule has 6 heteroatoms. The fraction of sp³-hybridized carbons (Fsp3) is 0.211. The van der Waals surface area contributed by atoms with Gasteiger partial charge in [0.1, 0.15) is 0 Å². The molecule has 1 amide bonds. The van der Waals surface area contributed by atoms with Gasteiger partial charge in [-0.1, -0.05) is 30.0 Å². The van der Waals surface area contributed by atoms with Gasteiger partial charge >= 0.3 is 6.09 Å². The summed E-state index contributed by atoms with van der Waals surface area (Å²) in [5, 5.41) is 2.61. The summed E-state index contributed by atoms with van der Waals surface area (Å²) in [6, 6.07) is 12.5. The van der Waals surface area contributed by atoms with Crippen molar-refractivity contribution in [3.8, 4) is 29.1 Å². The maximum atomic E-state index is 11.7. The number of hydrogen-bond acceptors (Lipinski definition) is 5. The Kier molecular flexibility index (Phi) is 6.55. The zero-order chi connectivity index (χ0) is 18.1. The molecule has 0 bridgehead atoms. The highest BCUT2D eigenvalue weighted by Crippen LogP contribution is 2.37. The van der Waals surface area contributed by atoms with Crippen LogP contribution in [0.3, 0.4) is 0 Å². The van der Waals surface area contributed by atoms with Crippen molar-refractivity contribution in [1.82, 2.24) is 0 Å². The second-order valence-electron chi connectivity index (χ2n) is 4.78. The van der Waals surface area contributed by atoms with Crippen molar-refractivity contribution in [3.05, 3.63) is 48.0 Å². The minimum absolute atomic E-state index is 0.0463. The third-order valence-corrected chi connectivity index (χ3v) is 3.19. The van der Waals surface area contributed by atoms with E-state index in [2.05, 4.69) is 17.2 Å². The second kappa shape index (κ2) is 9.08. The first-order chi connectivity index (χ1) is 12.2. The fourth-order valence-corrected chi connectivity index (χ4v) is 2.07. The molecule has 6 nitrogen and oxygen atoms in total. The molecule has 0 spiro atoms. The number of ether oxygens (including phenoxy) is 4. The quantitative estimate of drug-likeness (QED) is 0.845. The zero-order valence-corrected chi connectivity index (χ0v) is 14.3. The van der Waals surface area contributed by atoms with E-state index in [1.54, 1.807) is 24.3 Å². The molecular weight excluding hydrogens is 322 g/mol. The molecule has 0 radical (unpaired) electrons. The molecular formula is C19H19NO5. The lowest BCUT2D eigenvalue weighted by molar-refractivity contribution is 0.176. The van der Waals surface area contributed by atoms with Crippen molar-refractivity contribution in [3.63, 3.8) is 0 Å². The Hall–Kier alpha value is -3.33. The van der Waals surface area contributed by atoms with Crippen LogP contribution in [0, 0.1) is 11.8 Å². The number of methoxy groups -OCH3 is 3. The number of nitrogens with one attached hydrogen (secondary N) is 1. The largest absolute Gasteiger partial charge is 0.493 e. The number of benzene rings is 2. The lowest BCUT2D eigenvalue weighted by atomic mass is 10.2. The lowest BCUT2D eigenvalue weighted by Crippen LogP contribution is -2.13. The van der Waals surface area contributed by atoms with Gasteiger partial charge in [-0.2, -0.15) is 0 Å². The van der Waals surface area contributed by atoms with E-state index in [9.17, 15) is 4.79 Å². The third kappa shape index (κ3) is 5.08. The predicted octanol–water partition coefficient (Wildman–Crippen LogP) is 3.31. The van der Waals surface area contributed by atoms with Crippen LogP contribution in [0.2, 0.25) is 0 Å². The Morgan fingerprint density at radius 2 is 1.64 bits per heavy atom. The summed E-state index contributed by atoms with van der Waals surface area (Å²) in [5.74, 6) is 7.18. The van der Waals surface area contributed by atoms with Crippen molar-refractivity contribution in [2.24, 2.45) is 0 Å². The molecule has 0 aliphatic heterocycles. The van der Waals surface area contributed by atoms with Crippen LogP contribution in [-0.4, -0.2) is 34.0 Å². The Morgan fingerprint density at radius 1 is 1.00 bits per heavy atom. The van der Waals surface area contributed by atoms with E-state index in [4.69, 9.17) is 18.9 Å². The third-order valence-electron chi connectivity index (χ3n) is 3.19. The van der Waals surface area contributed by atoms with Crippen LogP contribution in [-0.2, 0) is 4.74 Å². The smallest absolute Gasteiger partial charge is 0.412 e. The molecule has 0 aliphatic carbocycles. The van der Waals surface area contributed by atoms with Gasteiger partial charge in [0, 0.05) is 11.3 Å². The van der Waals surface area contributed by atoms with Crippen LogP contribution in [0.25, 0.3) is 0 Å². The maximum Gasteiger partial charge on any atom is 0.412 e. The van der Waals surface area contributed by atoms with Crippen LogP contribution in [0.15, 0.2) is 42.5 Å². The van der Waals surface area contributed by atoms with Crippen LogP contribution in [0.1, 0.15) is 5.56 Å². The van der Waals surface area contributed by atoms with Gasteiger partial charge < -0.3 is 18.9 Å². The van der Waals surface area contributed by atoms with Gasteiger partial charge in [-0.25, -0.2) is 4.79 Å². The number of amides is 1. The van der Waals surface area contributed by atoms with Crippen LogP contribution >= 0.6 is 0 Å². The molecule has 0 fully saturated rings. The molecule has 25 heavy (non-hydrogen) atoms. The van der Waals surface area contributed by atoms with E-state index >= 15 is 0 Å². The monoisotopic (exact) mass is 341 g/mol. The molecule has 0 heterocycles. The van der Waals surface area contributed by atoms with Crippen molar-refractivity contribution in [1.29, 1.82) is 0 Å².